The average molecular weight is 267 g/mol. The summed E-state index contributed by atoms with van der Waals surface area (Å²) in [6, 6.07) is 4.39. The van der Waals surface area contributed by atoms with Gasteiger partial charge in [0.25, 0.3) is 0 Å². The molecule has 1 nitrogen and oxygen atoms in total. The summed E-state index contributed by atoms with van der Waals surface area (Å²) in [5.74, 6) is -0.489. The van der Waals surface area contributed by atoms with Crippen LogP contribution in [0.25, 0.3) is 0 Å². The Kier molecular flexibility index (Phi) is 4.24. The van der Waals surface area contributed by atoms with E-state index in [0.29, 0.717) is 17.5 Å². The van der Waals surface area contributed by atoms with Crippen LogP contribution in [0.2, 0.25) is 0 Å². The third-order valence-electron chi connectivity index (χ3n) is 4.50. The molecule has 1 fully saturated rings. The Morgan fingerprint density at radius 2 is 2.11 bits per heavy atom. The summed E-state index contributed by atoms with van der Waals surface area (Å²) in [5.41, 5.74) is 0.481. The molecule has 19 heavy (non-hydrogen) atoms. The molecule has 106 valence electrons. The van der Waals surface area contributed by atoms with Crippen LogP contribution in [-0.2, 0) is 5.41 Å². The normalized spacial score (nSPS) is 27.2. The zero-order chi connectivity index (χ0) is 14.0. The molecule has 1 aromatic rings. The summed E-state index contributed by atoms with van der Waals surface area (Å²) in [4.78, 5) is 0. The highest BCUT2D eigenvalue weighted by atomic mass is 19.1. The summed E-state index contributed by atoms with van der Waals surface area (Å²) in [6.07, 6.45) is 3.19. The van der Waals surface area contributed by atoms with Crippen molar-refractivity contribution in [1.82, 2.24) is 5.32 Å². The van der Waals surface area contributed by atoms with E-state index in [2.05, 4.69) is 26.1 Å². The molecule has 3 heteroatoms. The molecular formula is C16H23F2N. The Balaban J connectivity index is 2.37. The maximum atomic E-state index is 14.2. The molecule has 1 saturated carbocycles. The number of hydrogen-bond donors (Lipinski definition) is 1. The van der Waals surface area contributed by atoms with Gasteiger partial charge in [0.1, 0.15) is 11.6 Å². The number of rotatable bonds is 4. The van der Waals surface area contributed by atoms with Gasteiger partial charge < -0.3 is 5.32 Å². The minimum atomic E-state index is -0.501. The zero-order valence-electron chi connectivity index (χ0n) is 12.0. The highest BCUT2D eigenvalue weighted by Crippen LogP contribution is 2.46. The predicted molar refractivity (Wildman–Crippen MR) is 74.2 cm³/mol. The average Bonchev–Trinajstić information content (AvgIpc) is 2.69. The van der Waals surface area contributed by atoms with Gasteiger partial charge in [0.05, 0.1) is 0 Å². The van der Waals surface area contributed by atoms with Crippen molar-refractivity contribution in [2.24, 2.45) is 5.92 Å². The van der Waals surface area contributed by atoms with Crippen LogP contribution in [0.1, 0.15) is 45.6 Å². The van der Waals surface area contributed by atoms with Crippen molar-refractivity contribution in [3.63, 3.8) is 0 Å². The van der Waals surface area contributed by atoms with Gasteiger partial charge in [-0.1, -0.05) is 33.3 Å². The minimum Gasteiger partial charge on any atom is -0.314 e. The number of hydrogen-bond acceptors (Lipinski definition) is 1. The first-order valence-electron chi connectivity index (χ1n) is 7.14. The predicted octanol–water partition coefficient (Wildman–Crippen LogP) is 4.02. The topological polar surface area (TPSA) is 12.0 Å². The first kappa shape index (κ1) is 14.4. The van der Waals surface area contributed by atoms with Crippen LogP contribution in [-0.4, -0.2) is 12.6 Å². The van der Waals surface area contributed by atoms with Crippen LogP contribution >= 0.6 is 0 Å². The Morgan fingerprint density at radius 3 is 2.63 bits per heavy atom. The molecule has 0 aliphatic heterocycles. The van der Waals surface area contributed by atoms with Gasteiger partial charge in [-0.3, -0.25) is 0 Å². The molecule has 2 atom stereocenters. The van der Waals surface area contributed by atoms with Crippen LogP contribution in [0.3, 0.4) is 0 Å². The van der Waals surface area contributed by atoms with Crippen LogP contribution in [0.5, 0.6) is 0 Å². The van der Waals surface area contributed by atoms with E-state index in [1.54, 1.807) is 6.07 Å². The SMILES string of the molecule is CC(C)NCC1(c2ccc(F)cc2F)CCCC1C. The van der Waals surface area contributed by atoms with Gasteiger partial charge >= 0.3 is 0 Å². The van der Waals surface area contributed by atoms with Gasteiger partial charge in [-0.15, -0.1) is 0 Å². The Morgan fingerprint density at radius 1 is 1.37 bits per heavy atom. The smallest absolute Gasteiger partial charge is 0.129 e. The number of halogens is 2. The summed E-state index contributed by atoms with van der Waals surface area (Å²) in [6.45, 7) is 7.12. The Hall–Kier alpha value is -0.960. The summed E-state index contributed by atoms with van der Waals surface area (Å²) < 4.78 is 27.3. The molecule has 0 bridgehead atoms. The van der Waals surface area contributed by atoms with Gasteiger partial charge in [-0.2, -0.15) is 0 Å². The lowest BCUT2D eigenvalue weighted by molar-refractivity contribution is 0.297. The lowest BCUT2D eigenvalue weighted by atomic mass is 9.72. The van der Waals surface area contributed by atoms with E-state index in [1.165, 1.54) is 6.07 Å². The van der Waals surface area contributed by atoms with Gasteiger partial charge in [-0.05, 0) is 30.4 Å². The van der Waals surface area contributed by atoms with Crippen molar-refractivity contribution >= 4 is 0 Å². The molecular weight excluding hydrogens is 244 g/mol. The molecule has 0 heterocycles. The third kappa shape index (κ3) is 2.81. The summed E-state index contributed by atoms with van der Waals surface area (Å²) in [5, 5.41) is 3.44. The highest BCUT2D eigenvalue weighted by Gasteiger charge is 2.43. The largest absolute Gasteiger partial charge is 0.314 e. The molecule has 1 aliphatic rings. The molecule has 0 radical (unpaired) electrons. The molecule has 2 unspecified atom stereocenters. The standard InChI is InChI=1S/C16H23F2N/c1-11(2)19-10-16(8-4-5-12(16)3)14-7-6-13(17)9-15(14)18/h6-7,9,11-12,19H,4-5,8,10H2,1-3H3. The molecule has 0 aromatic heterocycles. The van der Waals surface area contributed by atoms with Crippen molar-refractivity contribution in [3.8, 4) is 0 Å². The number of nitrogens with one attached hydrogen (secondary N) is 1. The van der Waals surface area contributed by atoms with Crippen molar-refractivity contribution < 1.29 is 8.78 Å². The van der Waals surface area contributed by atoms with Crippen LogP contribution in [0.15, 0.2) is 18.2 Å². The van der Waals surface area contributed by atoms with E-state index in [0.717, 1.165) is 31.9 Å². The molecule has 0 spiro atoms. The highest BCUT2D eigenvalue weighted by molar-refractivity contribution is 5.30. The molecule has 0 amide bonds. The molecule has 1 N–H and O–H groups in total. The van der Waals surface area contributed by atoms with E-state index in [1.807, 2.05) is 0 Å². The quantitative estimate of drug-likeness (QED) is 0.868. The fourth-order valence-corrected chi connectivity index (χ4v) is 3.28. The van der Waals surface area contributed by atoms with E-state index in [4.69, 9.17) is 0 Å². The monoisotopic (exact) mass is 267 g/mol. The van der Waals surface area contributed by atoms with Crippen LogP contribution in [0.4, 0.5) is 8.78 Å². The number of benzene rings is 1. The van der Waals surface area contributed by atoms with Gasteiger partial charge in [0.15, 0.2) is 0 Å². The lowest BCUT2D eigenvalue weighted by Gasteiger charge is -2.36. The molecule has 1 aliphatic carbocycles. The first-order valence-corrected chi connectivity index (χ1v) is 7.14. The Labute approximate surface area is 114 Å². The van der Waals surface area contributed by atoms with E-state index >= 15 is 0 Å². The maximum Gasteiger partial charge on any atom is 0.129 e. The van der Waals surface area contributed by atoms with E-state index < -0.39 is 11.6 Å². The second-order valence-corrected chi connectivity index (χ2v) is 6.11. The van der Waals surface area contributed by atoms with Crippen molar-refractivity contribution in [2.45, 2.75) is 51.5 Å². The molecule has 1 aromatic carbocycles. The first-order chi connectivity index (χ1) is 8.95. The summed E-state index contributed by atoms with van der Waals surface area (Å²) in [7, 11) is 0. The van der Waals surface area contributed by atoms with E-state index in [9.17, 15) is 8.78 Å². The van der Waals surface area contributed by atoms with Crippen molar-refractivity contribution in [2.75, 3.05) is 6.54 Å². The minimum absolute atomic E-state index is 0.192. The van der Waals surface area contributed by atoms with Crippen LogP contribution in [0, 0.1) is 17.6 Å². The van der Waals surface area contributed by atoms with Gasteiger partial charge in [0, 0.05) is 24.1 Å². The zero-order valence-corrected chi connectivity index (χ0v) is 12.0. The second-order valence-electron chi connectivity index (χ2n) is 6.11. The van der Waals surface area contributed by atoms with E-state index in [-0.39, 0.29) is 5.41 Å². The van der Waals surface area contributed by atoms with Crippen molar-refractivity contribution in [1.29, 1.82) is 0 Å². The van der Waals surface area contributed by atoms with Gasteiger partial charge in [0.2, 0.25) is 0 Å². The summed E-state index contributed by atoms with van der Waals surface area (Å²) >= 11 is 0. The maximum absolute atomic E-state index is 14.2. The van der Waals surface area contributed by atoms with Crippen molar-refractivity contribution in [3.05, 3.63) is 35.4 Å². The fourth-order valence-electron chi connectivity index (χ4n) is 3.28. The van der Waals surface area contributed by atoms with Crippen LogP contribution < -0.4 is 5.32 Å². The molecule has 0 saturated heterocycles. The second kappa shape index (κ2) is 5.58. The third-order valence-corrected chi connectivity index (χ3v) is 4.50. The molecule has 2 rings (SSSR count). The lowest BCUT2D eigenvalue weighted by Crippen LogP contribution is -2.43. The Bertz CT molecular complexity index is 444. The van der Waals surface area contributed by atoms with Gasteiger partial charge in [-0.25, -0.2) is 8.78 Å². The fraction of sp³-hybridized carbons (Fsp3) is 0.625.